The second kappa shape index (κ2) is 8.55. The highest BCUT2D eigenvalue weighted by Crippen LogP contribution is 2.00. The summed E-state index contributed by atoms with van der Waals surface area (Å²) in [6.45, 7) is 7.87. The minimum Gasteiger partial charge on any atom is -0.304 e. The molecule has 0 amide bonds. The summed E-state index contributed by atoms with van der Waals surface area (Å²) in [6, 6.07) is 2.17. The molecule has 0 aromatic carbocycles. The zero-order valence-corrected chi connectivity index (χ0v) is 8.34. The summed E-state index contributed by atoms with van der Waals surface area (Å²) < 4.78 is 0. The Bertz CT molecular complexity index is 122. The van der Waals surface area contributed by atoms with Crippen molar-refractivity contribution in [1.29, 1.82) is 5.26 Å². The third kappa shape index (κ3) is 6.18. The maximum Gasteiger partial charge on any atom is 0.0621 e. The summed E-state index contributed by atoms with van der Waals surface area (Å²) in [5.41, 5.74) is 0. The zero-order chi connectivity index (χ0) is 9.23. The minimum atomic E-state index is 0.720. The van der Waals surface area contributed by atoms with Gasteiger partial charge in [-0.15, -0.1) is 0 Å². The van der Waals surface area contributed by atoms with E-state index in [1.165, 1.54) is 19.4 Å². The summed E-state index contributed by atoms with van der Waals surface area (Å²) >= 11 is 0. The van der Waals surface area contributed by atoms with Crippen LogP contribution in [-0.4, -0.2) is 24.5 Å². The second-order valence-corrected chi connectivity index (χ2v) is 3.00. The average molecular weight is 168 g/mol. The molecule has 0 spiro atoms. The van der Waals surface area contributed by atoms with Gasteiger partial charge in [0.05, 0.1) is 6.07 Å². The Morgan fingerprint density at radius 3 is 2.25 bits per heavy atom. The highest BCUT2D eigenvalue weighted by Gasteiger charge is 1.97. The van der Waals surface area contributed by atoms with Crippen LogP contribution in [0.25, 0.3) is 0 Å². The van der Waals surface area contributed by atoms with Crippen molar-refractivity contribution in [3.63, 3.8) is 0 Å². The predicted octanol–water partition coefficient (Wildman–Crippen LogP) is 2.41. The van der Waals surface area contributed by atoms with Crippen LogP contribution in [0.3, 0.4) is 0 Å². The van der Waals surface area contributed by atoms with Gasteiger partial charge >= 0.3 is 0 Å². The first-order valence-electron chi connectivity index (χ1n) is 4.94. The zero-order valence-electron chi connectivity index (χ0n) is 8.34. The lowest BCUT2D eigenvalue weighted by Gasteiger charge is -2.17. The topological polar surface area (TPSA) is 27.0 Å². The standard InChI is InChI=1S/C10H20N2/c1-3-12(4-2)10-8-6-5-7-9-11/h3-8,10H2,1-2H3. The largest absolute Gasteiger partial charge is 0.304 e. The van der Waals surface area contributed by atoms with E-state index in [1.54, 1.807) is 0 Å². The molecule has 0 aromatic heterocycles. The molecule has 0 aromatic rings. The van der Waals surface area contributed by atoms with Crippen molar-refractivity contribution >= 4 is 0 Å². The molecule has 0 N–H and O–H groups in total. The molecule has 12 heavy (non-hydrogen) atoms. The van der Waals surface area contributed by atoms with Crippen molar-refractivity contribution in [2.75, 3.05) is 19.6 Å². The Balaban J connectivity index is 3.13. The molecule has 0 aliphatic carbocycles. The number of hydrogen-bond acceptors (Lipinski definition) is 2. The van der Waals surface area contributed by atoms with Crippen molar-refractivity contribution in [3.8, 4) is 6.07 Å². The molecule has 0 saturated heterocycles. The van der Waals surface area contributed by atoms with Crippen LogP contribution in [0.5, 0.6) is 0 Å². The first-order valence-corrected chi connectivity index (χ1v) is 4.94. The summed E-state index contributed by atoms with van der Waals surface area (Å²) in [4.78, 5) is 2.42. The van der Waals surface area contributed by atoms with Gasteiger partial charge in [0.15, 0.2) is 0 Å². The third-order valence-corrected chi connectivity index (χ3v) is 2.16. The van der Waals surface area contributed by atoms with Crippen LogP contribution < -0.4 is 0 Å². The van der Waals surface area contributed by atoms with Crippen molar-refractivity contribution in [2.45, 2.75) is 39.5 Å². The van der Waals surface area contributed by atoms with Crippen molar-refractivity contribution in [3.05, 3.63) is 0 Å². The van der Waals surface area contributed by atoms with E-state index < -0.39 is 0 Å². The fraction of sp³-hybridized carbons (Fsp3) is 0.900. The van der Waals surface area contributed by atoms with E-state index in [4.69, 9.17) is 5.26 Å². The Labute approximate surface area is 76.2 Å². The SMILES string of the molecule is CCN(CC)CCCCCC#N. The lowest BCUT2D eigenvalue weighted by Crippen LogP contribution is -2.23. The van der Waals surface area contributed by atoms with E-state index in [0.717, 1.165) is 25.9 Å². The number of nitriles is 1. The van der Waals surface area contributed by atoms with Crippen LogP contribution in [-0.2, 0) is 0 Å². The fourth-order valence-electron chi connectivity index (χ4n) is 1.26. The number of nitrogens with zero attached hydrogens (tertiary/aromatic N) is 2. The Morgan fingerprint density at radius 2 is 1.75 bits per heavy atom. The summed E-state index contributed by atoms with van der Waals surface area (Å²) in [5, 5.41) is 8.31. The molecular formula is C10H20N2. The van der Waals surface area contributed by atoms with E-state index in [2.05, 4.69) is 24.8 Å². The molecule has 0 atom stereocenters. The monoisotopic (exact) mass is 168 g/mol. The first-order chi connectivity index (χ1) is 5.85. The molecule has 2 heteroatoms. The van der Waals surface area contributed by atoms with Crippen molar-refractivity contribution in [1.82, 2.24) is 4.90 Å². The van der Waals surface area contributed by atoms with Gasteiger partial charge in [0.2, 0.25) is 0 Å². The maximum atomic E-state index is 8.31. The van der Waals surface area contributed by atoms with Crippen LogP contribution in [0.15, 0.2) is 0 Å². The molecule has 0 radical (unpaired) electrons. The number of rotatable bonds is 7. The van der Waals surface area contributed by atoms with Crippen molar-refractivity contribution in [2.24, 2.45) is 0 Å². The lowest BCUT2D eigenvalue weighted by molar-refractivity contribution is 0.296. The fourth-order valence-corrected chi connectivity index (χ4v) is 1.26. The Hall–Kier alpha value is -0.550. The van der Waals surface area contributed by atoms with Crippen LogP contribution in [0.1, 0.15) is 39.5 Å². The molecule has 0 heterocycles. The van der Waals surface area contributed by atoms with Gasteiger partial charge in [-0.1, -0.05) is 20.3 Å². The molecule has 0 saturated carbocycles. The van der Waals surface area contributed by atoms with Crippen LogP contribution in [0.4, 0.5) is 0 Å². The van der Waals surface area contributed by atoms with E-state index >= 15 is 0 Å². The first kappa shape index (κ1) is 11.4. The van der Waals surface area contributed by atoms with Gasteiger partial charge in [0.25, 0.3) is 0 Å². The molecule has 2 nitrogen and oxygen atoms in total. The summed E-state index contributed by atoms with van der Waals surface area (Å²) in [6.07, 6.45) is 4.23. The van der Waals surface area contributed by atoms with Crippen LogP contribution in [0, 0.1) is 11.3 Å². The highest BCUT2D eigenvalue weighted by molar-refractivity contribution is 4.68. The van der Waals surface area contributed by atoms with E-state index in [9.17, 15) is 0 Å². The van der Waals surface area contributed by atoms with Gasteiger partial charge in [0.1, 0.15) is 0 Å². The maximum absolute atomic E-state index is 8.31. The Kier molecular flexibility index (Phi) is 8.15. The van der Waals surface area contributed by atoms with Crippen LogP contribution >= 0.6 is 0 Å². The molecule has 0 aliphatic rings. The molecule has 0 rings (SSSR count). The predicted molar refractivity (Wildman–Crippen MR) is 51.9 cm³/mol. The Morgan fingerprint density at radius 1 is 1.08 bits per heavy atom. The van der Waals surface area contributed by atoms with Crippen LogP contribution in [0.2, 0.25) is 0 Å². The van der Waals surface area contributed by atoms with Gasteiger partial charge in [0, 0.05) is 6.42 Å². The summed E-state index contributed by atoms with van der Waals surface area (Å²) in [7, 11) is 0. The molecule has 70 valence electrons. The quantitative estimate of drug-likeness (QED) is 0.546. The lowest BCUT2D eigenvalue weighted by atomic mass is 10.2. The number of unbranched alkanes of at least 4 members (excludes halogenated alkanes) is 3. The molecule has 0 aliphatic heterocycles. The smallest absolute Gasteiger partial charge is 0.0621 e. The van der Waals surface area contributed by atoms with Gasteiger partial charge < -0.3 is 4.90 Å². The van der Waals surface area contributed by atoms with E-state index in [0.29, 0.717) is 0 Å². The highest BCUT2D eigenvalue weighted by atomic mass is 15.1. The molecular weight excluding hydrogens is 148 g/mol. The molecule has 0 bridgehead atoms. The summed E-state index contributed by atoms with van der Waals surface area (Å²) in [5.74, 6) is 0. The van der Waals surface area contributed by atoms with Gasteiger partial charge in [-0.2, -0.15) is 5.26 Å². The normalized spacial score (nSPS) is 10.2. The second-order valence-electron chi connectivity index (χ2n) is 3.00. The third-order valence-electron chi connectivity index (χ3n) is 2.16. The molecule has 0 unspecified atom stereocenters. The molecule has 0 fully saturated rings. The van der Waals surface area contributed by atoms with Gasteiger partial charge in [-0.05, 0) is 32.5 Å². The number of hydrogen-bond donors (Lipinski definition) is 0. The minimum absolute atomic E-state index is 0.720. The van der Waals surface area contributed by atoms with E-state index in [1.807, 2.05) is 0 Å². The van der Waals surface area contributed by atoms with E-state index in [-0.39, 0.29) is 0 Å². The van der Waals surface area contributed by atoms with Gasteiger partial charge in [-0.3, -0.25) is 0 Å². The van der Waals surface area contributed by atoms with Gasteiger partial charge in [-0.25, -0.2) is 0 Å². The van der Waals surface area contributed by atoms with Crippen molar-refractivity contribution < 1.29 is 0 Å². The average Bonchev–Trinajstić information content (AvgIpc) is 2.11.